The van der Waals surface area contributed by atoms with Crippen LogP contribution >= 0.6 is 0 Å². The van der Waals surface area contributed by atoms with Crippen LogP contribution in [-0.2, 0) is 14.3 Å². The zero-order chi connectivity index (χ0) is 24.5. The second-order valence-electron chi connectivity index (χ2n) is 8.29. The van der Waals surface area contributed by atoms with Crippen LogP contribution in [-0.4, -0.2) is 66.8 Å². The number of carboxylic acids is 1. The van der Waals surface area contributed by atoms with Crippen molar-refractivity contribution in [2.75, 3.05) is 32.8 Å². The number of benzene rings is 2. The molecule has 0 aliphatic heterocycles. The van der Waals surface area contributed by atoms with Crippen molar-refractivity contribution < 1.29 is 24.2 Å². The second-order valence-corrected chi connectivity index (χ2v) is 8.29. The first kappa shape index (κ1) is 25.2. The lowest BCUT2D eigenvalue weighted by atomic mass is 9.98. The summed E-state index contributed by atoms with van der Waals surface area (Å²) in [6, 6.07) is 14.8. The van der Waals surface area contributed by atoms with Crippen molar-refractivity contribution in [3.8, 4) is 11.1 Å². The number of carboxylic acid groups (broad SMARTS) is 1. The summed E-state index contributed by atoms with van der Waals surface area (Å²) in [7, 11) is 0. The van der Waals surface area contributed by atoms with Gasteiger partial charge >= 0.3 is 12.1 Å². The first-order valence-electron chi connectivity index (χ1n) is 11.8. The molecule has 0 spiro atoms. The standard InChI is InChI=1S/C26H33N3O5/c1-3-29(4-2)15-9-14-27-25(32)23(16-24(30)31)28-26(33)34-17-22-20-12-7-5-10-18(20)19-11-6-8-13-21(19)22/h5-8,10-13,22-23H,3-4,9,14-17H2,1-2H3,(H,27,32)(H,28,33)(H,30,31). The van der Waals surface area contributed by atoms with Gasteiger partial charge < -0.3 is 25.4 Å². The van der Waals surface area contributed by atoms with Crippen LogP contribution in [0.3, 0.4) is 0 Å². The van der Waals surface area contributed by atoms with E-state index in [1.165, 1.54) is 0 Å². The summed E-state index contributed by atoms with van der Waals surface area (Å²) in [6.45, 7) is 7.32. The summed E-state index contributed by atoms with van der Waals surface area (Å²) < 4.78 is 5.46. The van der Waals surface area contributed by atoms with Gasteiger partial charge in [0.05, 0.1) is 6.42 Å². The molecule has 1 unspecified atom stereocenters. The van der Waals surface area contributed by atoms with E-state index in [0.717, 1.165) is 48.3 Å². The summed E-state index contributed by atoms with van der Waals surface area (Å²) in [5.74, 6) is -1.83. The summed E-state index contributed by atoms with van der Waals surface area (Å²) in [5, 5.41) is 14.3. The van der Waals surface area contributed by atoms with Crippen LogP contribution in [0.4, 0.5) is 4.79 Å². The lowest BCUT2D eigenvalue weighted by Gasteiger charge is -2.20. The number of ether oxygens (including phenoxy) is 1. The van der Waals surface area contributed by atoms with E-state index in [2.05, 4.69) is 29.4 Å². The Labute approximate surface area is 200 Å². The third kappa shape index (κ3) is 6.35. The first-order chi connectivity index (χ1) is 16.4. The highest BCUT2D eigenvalue weighted by atomic mass is 16.5. The number of nitrogens with one attached hydrogen (secondary N) is 2. The topological polar surface area (TPSA) is 108 Å². The maximum Gasteiger partial charge on any atom is 0.407 e. The average Bonchev–Trinajstić information content (AvgIpc) is 3.16. The van der Waals surface area contributed by atoms with Crippen LogP contribution in [0, 0.1) is 0 Å². The molecule has 2 aromatic carbocycles. The highest BCUT2D eigenvalue weighted by Gasteiger charge is 2.30. The van der Waals surface area contributed by atoms with Crippen molar-refractivity contribution in [3.63, 3.8) is 0 Å². The molecule has 0 fully saturated rings. The normalized spacial score (nSPS) is 13.1. The van der Waals surface area contributed by atoms with Crippen LogP contribution in [0.1, 0.15) is 43.7 Å². The van der Waals surface area contributed by atoms with Gasteiger partial charge in [-0.05, 0) is 48.3 Å². The van der Waals surface area contributed by atoms with Crippen molar-refractivity contribution >= 4 is 18.0 Å². The monoisotopic (exact) mass is 467 g/mol. The minimum absolute atomic E-state index is 0.0884. The predicted molar refractivity (Wildman–Crippen MR) is 130 cm³/mol. The molecular weight excluding hydrogens is 434 g/mol. The maximum atomic E-state index is 12.5. The highest BCUT2D eigenvalue weighted by Crippen LogP contribution is 2.44. The van der Waals surface area contributed by atoms with Gasteiger partial charge in [0.2, 0.25) is 5.91 Å². The molecule has 0 radical (unpaired) electrons. The Morgan fingerprint density at radius 1 is 1.00 bits per heavy atom. The predicted octanol–water partition coefficient (Wildman–Crippen LogP) is 3.22. The van der Waals surface area contributed by atoms with Gasteiger partial charge in [0.15, 0.2) is 0 Å². The maximum absolute atomic E-state index is 12.5. The number of carbonyl (C=O) groups is 3. The molecule has 1 atom stereocenters. The summed E-state index contributed by atoms with van der Waals surface area (Å²) in [6.07, 6.45) is -0.601. The molecule has 2 aromatic rings. The molecule has 1 aliphatic rings. The Hall–Kier alpha value is -3.39. The minimum atomic E-state index is -1.21. The number of hydrogen-bond acceptors (Lipinski definition) is 5. The van der Waals surface area contributed by atoms with Gasteiger partial charge in [0.25, 0.3) is 0 Å². The number of fused-ring (bicyclic) bond motifs is 3. The molecule has 3 rings (SSSR count). The third-order valence-corrected chi connectivity index (χ3v) is 6.18. The van der Waals surface area contributed by atoms with Gasteiger partial charge in [-0.15, -0.1) is 0 Å². The molecule has 2 amide bonds. The molecule has 8 heteroatoms. The molecule has 8 nitrogen and oxygen atoms in total. The SMILES string of the molecule is CCN(CC)CCCNC(=O)C(CC(=O)O)NC(=O)OCC1c2ccccc2-c2ccccc21. The van der Waals surface area contributed by atoms with Gasteiger partial charge in [0, 0.05) is 12.5 Å². The van der Waals surface area contributed by atoms with Crippen molar-refractivity contribution in [3.05, 3.63) is 59.7 Å². The van der Waals surface area contributed by atoms with Gasteiger partial charge in [-0.2, -0.15) is 0 Å². The highest BCUT2D eigenvalue weighted by molar-refractivity contribution is 5.89. The second kappa shape index (κ2) is 12.2. The average molecular weight is 468 g/mol. The Morgan fingerprint density at radius 2 is 1.59 bits per heavy atom. The number of aliphatic carboxylic acids is 1. The molecule has 3 N–H and O–H groups in total. The molecule has 0 saturated heterocycles. The Balaban J connectivity index is 1.56. The van der Waals surface area contributed by atoms with Gasteiger partial charge in [0.1, 0.15) is 12.6 Å². The van der Waals surface area contributed by atoms with E-state index in [1.54, 1.807) is 0 Å². The van der Waals surface area contributed by atoms with E-state index in [-0.39, 0.29) is 12.5 Å². The van der Waals surface area contributed by atoms with E-state index in [1.807, 2.05) is 48.5 Å². The van der Waals surface area contributed by atoms with E-state index >= 15 is 0 Å². The summed E-state index contributed by atoms with van der Waals surface area (Å²) in [4.78, 5) is 38.5. The van der Waals surface area contributed by atoms with Gasteiger partial charge in [-0.3, -0.25) is 9.59 Å². The Morgan fingerprint density at radius 3 is 2.15 bits per heavy atom. The summed E-state index contributed by atoms with van der Waals surface area (Å²) >= 11 is 0. The minimum Gasteiger partial charge on any atom is -0.481 e. The molecule has 0 bridgehead atoms. The van der Waals surface area contributed by atoms with Crippen molar-refractivity contribution in [2.45, 2.75) is 38.6 Å². The van der Waals surface area contributed by atoms with E-state index < -0.39 is 30.4 Å². The molecule has 0 saturated carbocycles. The Bertz CT molecular complexity index is 960. The molecule has 0 aromatic heterocycles. The van der Waals surface area contributed by atoms with Crippen molar-refractivity contribution in [1.82, 2.24) is 15.5 Å². The number of rotatable bonds is 12. The van der Waals surface area contributed by atoms with Gasteiger partial charge in [-0.25, -0.2) is 4.79 Å². The number of alkyl carbamates (subject to hydrolysis) is 1. The fraction of sp³-hybridized carbons (Fsp3) is 0.423. The van der Waals surface area contributed by atoms with E-state index in [0.29, 0.717) is 6.54 Å². The molecule has 34 heavy (non-hydrogen) atoms. The van der Waals surface area contributed by atoms with Crippen LogP contribution in [0.15, 0.2) is 48.5 Å². The lowest BCUT2D eigenvalue weighted by molar-refractivity contribution is -0.139. The van der Waals surface area contributed by atoms with Crippen molar-refractivity contribution in [1.29, 1.82) is 0 Å². The lowest BCUT2D eigenvalue weighted by Crippen LogP contribution is -2.48. The van der Waals surface area contributed by atoms with Gasteiger partial charge in [-0.1, -0.05) is 62.4 Å². The fourth-order valence-electron chi connectivity index (χ4n) is 4.34. The van der Waals surface area contributed by atoms with Crippen molar-refractivity contribution in [2.24, 2.45) is 0 Å². The van der Waals surface area contributed by atoms with Crippen LogP contribution in [0.5, 0.6) is 0 Å². The number of carbonyl (C=O) groups excluding carboxylic acids is 2. The zero-order valence-corrected chi connectivity index (χ0v) is 19.8. The number of amides is 2. The Kier molecular flexibility index (Phi) is 9.04. The largest absolute Gasteiger partial charge is 0.481 e. The smallest absolute Gasteiger partial charge is 0.407 e. The molecule has 0 heterocycles. The quantitative estimate of drug-likeness (QED) is 0.414. The molecular formula is C26H33N3O5. The van der Waals surface area contributed by atoms with Crippen LogP contribution in [0.2, 0.25) is 0 Å². The zero-order valence-electron chi connectivity index (χ0n) is 19.8. The number of hydrogen-bond donors (Lipinski definition) is 3. The fourth-order valence-corrected chi connectivity index (χ4v) is 4.34. The van der Waals surface area contributed by atoms with Crippen LogP contribution in [0.25, 0.3) is 11.1 Å². The van der Waals surface area contributed by atoms with Crippen LogP contribution < -0.4 is 10.6 Å². The summed E-state index contributed by atoms with van der Waals surface area (Å²) in [5.41, 5.74) is 4.37. The van der Waals surface area contributed by atoms with E-state index in [9.17, 15) is 19.5 Å². The first-order valence-corrected chi connectivity index (χ1v) is 11.8. The number of nitrogens with zero attached hydrogens (tertiary/aromatic N) is 1. The molecule has 182 valence electrons. The van der Waals surface area contributed by atoms with E-state index in [4.69, 9.17) is 4.74 Å². The third-order valence-electron chi connectivity index (χ3n) is 6.18. The molecule has 1 aliphatic carbocycles.